The highest BCUT2D eigenvalue weighted by Crippen LogP contribution is 2.26. The van der Waals surface area contributed by atoms with Gasteiger partial charge >= 0.3 is 0 Å². The SMILES string of the molecule is OC(C1=CCCCC1)C1CCCO1. The van der Waals surface area contributed by atoms with Crippen molar-refractivity contribution in [2.45, 2.75) is 50.7 Å². The van der Waals surface area contributed by atoms with Gasteiger partial charge in [0.1, 0.15) is 6.10 Å². The lowest BCUT2D eigenvalue weighted by molar-refractivity contribution is 0.0150. The van der Waals surface area contributed by atoms with Gasteiger partial charge in [-0.2, -0.15) is 0 Å². The first-order chi connectivity index (χ1) is 6.38. The smallest absolute Gasteiger partial charge is 0.101 e. The topological polar surface area (TPSA) is 29.5 Å². The Balaban J connectivity index is 1.94. The monoisotopic (exact) mass is 182 g/mol. The lowest BCUT2D eigenvalue weighted by Crippen LogP contribution is -2.27. The van der Waals surface area contributed by atoms with Crippen LogP contribution in [0.5, 0.6) is 0 Å². The number of hydrogen-bond donors (Lipinski definition) is 1. The average molecular weight is 182 g/mol. The second kappa shape index (κ2) is 4.25. The molecular weight excluding hydrogens is 164 g/mol. The second-order valence-corrected chi connectivity index (χ2v) is 4.02. The van der Waals surface area contributed by atoms with E-state index in [-0.39, 0.29) is 12.2 Å². The maximum Gasteiger partial charge on any atom is 0.101 e. The highest BCUT2D eigenvalue weighted by Gasteiger charge is 2.27. The summed E-state index contributed by atoms with van der Waals surface area (Å²) >= 11 is 0. The van der Waals surface area contributed by atoms with Crippen LogP contribution in [0.3, 0.4) is 0 Å². The Morgan fingerprint density at radius 2 is 2.31 bits per heavy atom. The summed E-state index contributed by atoms with van der Waals surface area (Å²) in [5.41, 5.74) is 1.22. The Hall–Kier alpha value is -0.340. The van der Waals surface area contributed by atoms with E-state index in [1.54, 1.807) is 0 Å². The van der Waals surface area contributed by atoms with Gasteiger partial charge in [0.05, 0.1) is 6.10 Å². The van der Waals surface area contributed by atoms with Crippen molar-refractivity contribution in [3.8, 4) is 0 Å². The maximum atomic E-state index is 9.98. The third-order valence-electron chi connectivity index (χ3n) is 3.02. The van der Waals surface area contributed by atoms with Gasteiger partial charge in [-0.15, -0.1) is 0 Å². The van der Waals surface area contributed by atoms with Gasteiger partial charge in [-0.3, -0.25) is 0 Å². The molecule has 0 aromatic heterocycles. The Morgan fingerprint density at radius 1 is 1.38 bits per heavy atom. The molecule has 2 atom stereocenters. The Kier molecular flexibility index (Phi) is 3.01. The highest BCUT2D eigenvalue weighted by molar-refractivity contribution is 5.12. The zero-order valence-electron chi connectivity index (χ0n) is 8.04. The van der Waals surface area contributed by atoms with Crippen molar-refractivity contribution in [1.29, 1.82) is 0 Å². The van der Waals surface area contributed by atoms with Crippen LogP contribution in [-0.2, 0) is 4.74 Å². The summed E-state index contributed by atoms with van der Waals surface area (Å²) in [6, 6.07) is 0. The van der Waals surface area contributed by atoms with Crippen molar-refractivity contribution >= 4 is 0 Å². The van der Waals surface area contributed by atoms with E-state index in [0.29, 0.717) is 0 Å². The van der Waals surface area contributed by atoms with Crippen molar-refractivity contribution in [2.24, 2.45) is 0 Å². The van der Waals surface area contributed by atoms with Gasteiger partial charge < -0.3 is 9.84 Å². The molecule has 0 aromatic rings. The van der Waals surface area contributed by atoms with Crippen molar-refractivity contribution in [3.63, 3.8) is 0 Å². The van der Waals surface area contributed by atoms with Gasteiger partial charge in [-0.25, -0.2) is 0 Å². The second-order valence-electron chi connectivity index (χ2n) is 4.02. The molecule has 1 fully saturated rings. The van der Waals surface area contributed by atoms with E-state index in [1.807, 2.05) is 0 Å². The van der Waals surface area contributed by atoms with E-state index < -0.39 is 0 Å². The predicted octanol–water partition coefficient (Wildman–Crippen LogP) is 2.03. The minimum Gasteiger partial charge on any atom is -0.386 e. The molecule has 2 nitrogen and oxygen atoms in total. The zero-order chi connectivity index (χ0) is 9.10. The van der Waals surface area contributed by atoms with E-state index in [0.717, 1.165) is 32.3 Å². The molecule has 13 heavy (non-hydrogen) atoms. The van der Waals surface area contributed by atoms with Gasteiger partial charge in [-0.1, -0.05) is 6.08 Å². The molecule has 0 saturated carbocycles. The van der Waals surface area contributed by atoms with Crippen LogP contribution in [-0.4, -0.2) is 23.9 Å². The number of rotatable bonds is 2. The largest absolute Gasteiger partial charge is 0.386 e. The lowest BCUT2D eigenvalue weighted by atomic mass is 9.92. The highest BCUT2D eigenvalue weighted by atomic mass is 16.5. The van der Waals surface area contributed by atoms with Crippen molar-refractivity contribution in [1.82, 2.24) is 0 Å². The van der Waals surface area contributed by atoms with E-state index in [4.69, 9.17) is 4.74 Å². The minimum atomic E-state index is -0.317. The lowest BCUT2D eigenvalue weighted by Gasteiger charge is -2.23. The van der Waals surface area contributed by atoms with Crippen LogP contribution in [0.25, 0.3) is 0 Å². The third kappa shape index (κ3) is 2.12. The van der Waals surface area contributed by atoms with Crippen molar-refractivity contribution in [2.75, 3.05) is 6.61 Å². The van der Waals surface area contributed by atoms with Crippen LogP contribution >= 0.6 is 0 Å². The molecule has 2 heteroatoms. The average Bonchev–Trinajstić information content (AvgIpc) is 2.71. The fraction of sp³-hybridized carbons (Fsp3) is 0.818. The molecule has 0 bridgehead atoms. The van der Waals surface area contributed by atoms with Crippen LogP contribution < -0.4 is 0 Å². The number of hydrogen-bond acceptors (Lipinski definition) is 2. The normalized spacial score (nSPS) is 31.5. The Labute approximate surface area is 79.6 Å². The fourth-order valence-corrected chi connectivity index (χ4v) is 2.22. The standard InChI is InChI=1S/C11H18O2/c12-11(10-7-4-8-13-10)9-5-2-1-3-6-9/h5,10-12H,1-4,6-8H2. The van der Waals surface area contributed by atoms with Crippen LogP contribution in [0.15, 0.2) is 11.6 Å². The van der Waals surface area contributed by atoms with Gasteiger partial charge in [0.15, 0.2) is 0 Å². The van der Waals surface area contributed by atoms with Crippen LogP contribution in [0.2, 0.25) is 0 Å². The molecular formula is C11H18O2. The first-order valence-electron chi connectivity index (χ1n) is 5.36. The summed E-state index contributed by atoms with van der Waals surface area (Å²) in [4.78, 5) is 0. The molecule has 1 aliphatic heterocycles. The van der Waals surface area contributed by atoms with Crippen molar-refractivity contribution < 1.29 is 9.84 Å². The predicted molar refractivity (Wildman–Crippen MR) is 51.5 cm³/mol. The summed E-state index contributed by atoms with van der Waals surface area (Å²) in [5.74, 6) is 0. The van der Waals surface area contributed by atoms with Gasteiger partial charge in [0, 0.05) is 6.61 Å². The maximum absolute atomic E-state index is 9.98. The molecule has 0 radical (unpaired) electrons. The fourth-order valence-electron chi connectivity index (χ4n) is 2.22. The van der Waals surface area contributed by atoms with E-state index in [1.165, 1.54) is 18.4 Å². The summed E-state index contributed by atoms with van der Waals surface area (Å²) in [7, 11) is 0. The molecule has 0 amide bonds. The number of aliphatic hydroxyl groups is 1. The summed E-state index contributed by atoms with van der Waals surface area (Å²) in [6.45, 7) is 0.828. The minimum absolute atomic E-state index is 0.0874. The number of ether oxygens (including phenoxy) is 1. The molecule has 74 valence electrons. The van der Waals surface area contributed by atoms with Gasteiger partial charge in [-0.05, 0) is 44.1 Å². The molecule has 2 unspecified atom stereocenters. The zero-order valence-corrected chi connectivity index (χ0v) is 8.04. The first kappa shape index (κ1) is 9.22. The number of allylic oxidation sites excluding steroid dienone is 1. The molecule has 1 N–H and O–H groups in total. The summed E-state index contributed by atoms with van der Waals surface area (Å²) in [6.07, 6.45) is 8.83. The first-order valence-corrected chi connectivity index (χ1v) is 5.36. The summed E-state index contributed by atoms with van der Waals surface area (Å²) < 4.78 is 5.48. The van der Waals surface area contributed by atoms with E-state index >= 15 is 0 Å². The van der Waals surface area contributed by atoms with Crippen LogP contribution in [0, 0.1) is 0 Å². The van der Waals surface area contributed by atoms with Crippen LogP contribution in [0.4, 0.5) is 0 Å². The van der Waals surface area contributed by atoms with Crippen molar-refractivity contribution in [3.05, 3.63) is 11.6 Å². The van der Waals surface area contributed by atoms with E-state index in [2.05, 4.69) is 6.08 Å². The molecule has 1 heterocycles. The summed E-state index contributed by atoms with van der Waals surface area (Å²) in [5, 5.41) is 9.98. The molecule has 0 spiro atoms. The molecule has 2 rings (SSSR count). The Morgan fingerprint density at radius 3 is 2.92 bits per heavy atom. The van der Waals surface area contributed by atoms with Crippen LogP contribution in [0.1, 0.15) is 38.5 Å². The molecule has 0 aromatic carbocycles. The molecule has 1 aliphatic carbocycles. The van der Waals surface area contributed by atoms with E-state index in [9.17, 15) is 5.11 Å². The van der Waals surface area contributed by atoms with Gasteiger partial charge in [0.2, 0.25) is 0 Å². The molecule has 2 aliphatic rings. The molecule has 1 saturated heterocycles. The quantitative estimate of drug-likeness (QED) is 0.662. The third-order valence-corrected chi connectivity index (χ3v) is 3.02. The Bertz CT molecular complexity index is 192. The van der Waals surface area contributed by atoms with Gasteiger partial charge in [0.25, 0.3) is 0 Å². The number of aliphatic hydroxyl groups excluding tert-OH is 1.